The maximum atomic E-state index is 9.65. The van der Waals surface area contributed by atoms with Gasteiger partial charge >= 0.3 is 0 Å². The number of phenols is 1. The van der Waals surface area contributed by atoms with E-state index < -0.39 is 0 Å². The molecule has 78 valence electrons. The molecule has 1 rings (SSSR count). The second kappa shape index (κ2) is 4.44. The minimum Gasteiger partial charge on any atom is -0.508 e. The monoisotopic (exact) mass is 195 g/mol. The topological polar surface area (TPSA) is 66.5 Å². The lowest BCUT2D eigenvalue weighted by Crippen LogP contribution is -2.18. The highest BCUT2D eigenvalue weighted by atomic mass is 16.3. The molecule has 0 unspecified atom stereocenters. The number of hydrogen-bond acceptors (Lipinski definition) is 3. The van der Waals surface area contributed by atoms with E-state index in [2.05, 4.69) is 0 Å². The summed E-state index contributed by atoms with van der Waals surface area (Å²) in [5.41, 5.74) is 7.30. The van der Waals surface area contributed by atoms with Crippen LogP contribution in [0.25, 0.3) is 0 Å². The summed E-state index contributed by atoms with van der Waals surface area (Å²) in [5.74, 6) is 0.395. The van der Waals surface area contributed by atoms with E-state index in [1.165, 1.54) is 0 Å². The normalized spacial score (nSPS) is 13.2. The van der Waals surface area contributed by atoms with E-state index in [0.717, 1.165) is 0 Å². The lowest BCUT2D eigenvalue weighted by atomic mass is 9.92. The van der Waals surface area contributed by atoms with Gasteiger partial charge in [-0.05, 0) is 17.5 Å². The van der Waals surface area contributed by atoms with Crippen molar-refractivity contribution in [3.63, 3.8) is 0 Å². The first-order valence-corrected chi connectivity index (χ1v) is 4.75. The van der Waals surface area contributed by atoms with Crippen LogP contribution in [0.4, 0.5) is 0 Å². The van der Waals surface area contributed by atoms with E-state index in [1.807, 2.05) is 13.8 Å². The number of rotatable bonds is 3. The number of hydrogen-bond donors (Lipinski definition) is 3. The van der Waals surface area contributed by atoms with Gasteiger partial charge in [0, 0.05) is 11.6 Å². The van der Waals surface area contributed by atoms with Gasteiger partial charge in [-0.2, -0.15) is 0 Å². The average Bonchev–Trinajstić information content (AvgIpc) is 2.16. The predicted molar refractivity (Wildman–Crippen MR) is 55.8 cm³/mol. The van der Waals surface area contributed by atoms with Crippen LogP contribution in [0.2, 0.25) is 0 Å². The van der Waals surface area contributed by atoms with Gasteiger partial charge in [-0.25, -0.2) is 0 Å². The summed E-state index contributed by atoms with van der Waals surface area (Å²) in [7, 11) is 0. The van der Waals surface area contributed by atoms with Gasteiger partial charge in [0.25, 0.3) is 0 Å². The van der Waals surface area contributed by atoms with Crippen LogP contribution in [0.1, 0.15) is 31.0 Å². The largest absolute Gasteiger partial charge is 0.508 e. The Labute approximate surface area is 84.2 Å². The summed E-state index contributed by atoms with van der Waals surface area (Å²) in [4.78, 5) is 0. The maximum absolute atomic E-state index is 9.65. The number of benzene rings is 1. The lowest BCUT2D eigenvalue weighted by Gasteiger charge is -2.20. The van der Waals surface area contributed by atoms with Gasteiger partial charge in [0.1, 0.15) is 5.75 Å². The molecule has 0 radical (unpaired) electrons. The van der Waals surface area contributed by atoms with Gasteiger partial charge in [0.15, 0.2) is 0 Å². The second-order valence-electron chi connectivity index (χ2n) is 3.78. The Kier molecular flexibility index (Phi) is 3.49. The van der Waals surface area contributed by atoms with Gasteiger partial charge in [-0.1, -0.05) is 26.0 Å². The first kappa shape index (κ1) is 11.0. The quantitative estimate of drug-likeness (QED) is 0.685. The zero-order valence-corrected chi connectivity index (χ0v) is 8.57. The molecule has 3 nitrogen and oxygen atoms in total. The lowest BCUT2D eigenvalue weighted by molar-refractivity contribution is 0.277. The second-order valence-corrected chi connectivity index (χ2v) is 3.78. The summed E-state index contributed by atoms with van der Waals surface area (Å²) in [6.45, 7) is 3.88. The van der Waals surface area contributed by atoms with E-state index >= 15 is 0 Å². The van der Waals surface area contributed by atoms with E-state index in [1.54, 1.807) is 18.2 Å². The van der Waals surface area contributed by atoms with Crippen LogP contribution < -0.4 is 5.73 Å². The van der Waals surface area contributed by atoms with Crippen LogP contribution in [0.5, 0.6) is 5.75 Å². The molecule has 1 aromatic carbocycles. The molecule has 0 saturated carbocycles. The van der Waals surface area contributed by atoms with E-state index in [-0.39, 0.29) is 24.3 Å². The molecule has 0 amide bonds. The van der Waals surface area contributed by atoms with Crippen molar-refractivity contribution in [3.05, 3.63) is 29.3 Å². The first-order valence-electron chi connectivity index (χ1n) is 4.75. The fourth-order valence-electron chi connectivity index (χ4n) is 1.46. The molecule has 0 aliphatic heterocycles. The molecule has 0 spiro atoms. The molecule has 14 heavy (non-hydrogen) atoms. The molecule has 0 heterocycles. The highest BCUT2D eigenvalue weighted by Crippen LogP contribution is 2.30. The molecular weight excluding hydrogens is 178 g/mol. The van der Waals surface area contributed by atoms with Crippen LogP contribution >= 0.6 is 0 Å². The fraction of sp³-hybridized carbons (Fsp3) is 0.455. The molecule has 4 N–H and O–H groups in total. The summed E-state index contributed by atoms with van der Waals surface area (Å²) in [6.07, 6.45) is 0. The molecular formula is C11H17NO2. The summed E-state index contributed by atoms with van der Waals surface area (Å²) in [6, 6.07) is 4.84. The molecule has 0 aliphatic rings. The van der Waals surface area contributed by atoms with Crippen LogP contribution in [0.3, 0.4) is 0 Å². The molecule has 0 saturated heterocycles. The van der Waals surface area contributed by atoms with Gasteiger partial charge in [-0.15, -0.1) is 0 Å². The Balaban J connectivity index is 3.16. The van der Waals surface area contributed by atoms with Crippen molar-refractivity contribution in [1.29, 1.82) is 0 Å². The number of nitrogens with two attached hydrogens (primary N) is 1. The number of phenolic OH excluding ortho intramolecular Hbond substituents is 1. The van der Waals surface area contributed by atoms with Gasteiger partial charge in [-0.3, -0.25) is 0 Å². The standard InChI is InChI=1S/C11H17NO2/c1-7(2)11(12)10-8(6-13)4-3-5-9(10)14/h3-5,7,11,13-14H,6,12H2,1-2H3/t11-/m1/s1. The minimum absolute atomic E-state index is 0.0931. The summed E-state index contributed by atoms with van der Waals surface area (Å²) < 4.78 is 0. The van der Waals surface area contributed by atoms with Gasteiger partial charge in [0.2, 0.25) is 0 Å². The van der Waals surface area contributed by atoms with Gasteiger partial charge < -0.3 is 15.9 Å². The predicted octanol–water partition coefficient (Wildman–Crippen LogP) is 1.54. The molecule has 1 atom stereocenters. The highest BCUT2D eigenvalue weighted by molar-refractivity contribution is 5.41. The molecule has 0 bridgehead atoms. The Bertz CT molecular complexity index is 310. The van der Waals surface area contributed by atoms with Crippen LogP contribution in [0.15, 0.2) is 18.2 Å². The Morgan fingerprint density at radius 3 is 2.50 bits per heavy atom. The zero-order valence-electron chi connectivity index (χ0n) is 8.57. The average molecular weight is 195 g/mol. The van der Waals surface area contributed by atoms with E-state index in [9.17, 15) is 5.11 Å². The third-order valence-electron chi connectivity index (χ3n) is 2.40. The number of aromatic hydroxyl groups is 1. The summed E-state index contributed by atoms with van der Waals surface area (Å²) >= 11 is 0. The van der Waals surface area contributed by atoms with Crippen molar-refractivity contribution in [2.24, 2.45) is 11.7 Å². The van der Waals surface area contributed by atoms with E-state index in [0.29, 0.717) is 11.1 Å². The minimum atomic E-state index is -0.238. The van der Waals surface area contributed by atoms with Crippen LogP contribution in [-0.4, -0.2) is 10.2 Å². The zero-order chi connectivity index (χ0) is 10.7. The maximum Gasteiger partial charge on any atom is 0.120 e. The Hall–Kier alpha value is -1.06. The first-order chi connectivity index (χ1) is 6.57. The Morgan fingerprint density at radius 1 is 1.36 bits per heavy atom. The molecule has 0 aromatic heterocycles. The Morgan fingerprint density at radius 2 is 2.00 bits per heavy atom. The van der Waals surface area contributed by atoms with Crippen molar-refractivity contribution in [2.75, 3.05) is 0 Å². The number of aliphatic hydroxyl groups excluding tert-OH is 1. The SMILES string of the molecule is CC(C)[C@@H](N)c1c(O)cccc1CO. The van der Waals surface area contributed by atoms with Crippen molar-refractivity contribution in [2.45, 2.75) is 26.5 Å². The van der Waals surface area contributed by atoms with Crippen molar-refractivity contribution in [1.82, 2.24) is 0 Å². The molecule has 0 aliphatic carbocycles. The van der Waals surface area contributed by atoms with Crippen molar-refractivity contribution < 1.29 is 10.2 Å². The molecule has 1 aromatic rings. The number of aliphatic hydroxyl groups is 1. The van der Waals surface area contributed by atoms with Crippen molar-refractivity contribution in [3.8, 4) is 5.75 Å². The van der Waals surface area contributed by atoms with Crippen molar-refractivity contribution >= 4 is 0 Å². The smallest absolute Gasteiger partial charge is 0.120 e. The van der Waals surface area contributed by atoms with E-state index in [4.69, 9.17) is 10.8 Å². The fourth-order valence-corrected chi connectivity index (χ4v) is 1.46. The summed E-state index contributed by atoms with van der Waals surface area (Å²) in [5, 5.41) is 18.8. The third kappa shape index (κ3) is 2.05. The molecule has 3 heteroatoms. The van der Waals surface area contributed by atoms with Crippen LogP contribution in [-0.2, 0) is 6.61 Å². The highest BCUT2D eigenvalue weighted by Gasteiger charge is 2.17. The van der Waals surface area contributed by atoms with Gasteiger partial charge in [0.05, 0.1) is 6.61 Å². The third-order valence-corrected chi connectivity index (χ3v) is 2.40. The van der Waals surface area contributed by atoms with Crippen LogP contribution in [0, 0.1) is 5.92 Å². The molecule has 0 fully saturated rings.